The lowest BCUT2D eigenvalue weighted by Gasteiger charge is -2.20. The normalized spacial score (nSPS) is 10.6. The van der Waals surface area contributed by atoms with Crippen LogP contribution >= 0.6 is 0 Å². The molecule has 0 aliphatic heterocycles. The van der Waals surface area contributed by atoms with Crippen LogP contribution in [-0.4, -0.2) is 37.6 Å². The molecule has 0 unspecified atom stereocenters. The van der Waals surface area contributed by atoms with Crippen molar-refractivity contribution >= 4 is 5.91 Å². The molecule has 0 fully saturated rings. The molecule has 0 aliphatic carbocycles. The molecule has 6 nitrogen and oxygen atoms in total. The van der Waals surface area contributed by atoms with Gasteiger partial charge in [0, 0.05) is 18.7 Å². The first-order valence-corrected chi connectivity index (χ1v) is 8.33. The van der Waals surface area contributed by atoms with Crippen molar-refractivity contribution in [2.24, 2.45) is 0 Å². The Labute approximate surface area is 147 Å². The van der Waals surface area contributed by atoms with E-state index in [1.54, 1.807) is 4.90 Å². The maximum Gasteiger partial charge on any atom is 0.246 e. The number of nitrogens with zero attached hydrogens (tertiary/aromatic N) is 5. The van der Waals surface area contributed by atoms with Gasteiger partial charge >= 0.3 is 0 Å². The highest BCUT2D eigenvalue weighted by atomic mass is 16.2. The average Bonchev–Trinajstić information content (AvgIpc) is 3.09. The Balaban J connectivity index is 1.69. The summed E-state index contributed by atoms with van der Waals surface area (Å²) in [7, 11) is 0. The summed E-state index contributed by atoms with van der Waals surface area (Å²) in [5.74, 6) is 0.511. The van der Waals surface area contributed by atoms with Crippen molar-refractivity contribution in [1.29, 1.82) is 0 Å². The molecular weight excluding hydrogens is 314 g/mol. The smallest absolute Gasteiger partial charge is 0.246 e. The Morgan fingerprint density at radius 2 is 1.80 bits per heavy atom. The number of aromatic nitrogens is 4. The number of carbonyl (C=O) groups is 1. The highest BCUT2D eigenvalue weighted by Crippen LogP contribution is 2.17. The summed E-state index contributed by atoms with van der Waals surface area (Å²) in [6.45, 7) is 5.26. The molecule has 0 N–H and O–H groups in total. The van der Waals surface area contributed by atoms with E-state index >= 15 is 0 Å². The van der Waals surface area contributed by atoms with Gasteiger partial charge in [-0.1, -0.05) is 54.6 Å². The number of tetrazole rings is 1. The summed E-state index contributed by atoms with van der Waals surface area (Å²) in [6, 6.07) is 17.8. The van der Waals surface area contributed by atoms with E-state index in [4.69, 9.17) is 0 Å². The second-order valence-corrected chi connectivity index (χ2v) is 5.85. The van der Waals surface area contributed by atoms with Crippen LogP contribution < -0.4 is 0 Å². The standard InChI is InChI=1S/C19H21N5O/c1-3-23(13-16-10-5-4-6-11-16)18(25)14-24-21-19(20-22-24)17-12-8-7-9-15(17)2/h4-12H,3,13-14H2,1-2H3. The highest BCUT2D eigenvalue weighted by molar-refractivity contribution is 5.75. The van der Waals surface area contributed by atoms with Gasteiger partial charge in [-0.05, 0) is 30.2 Å². The fraction of sp³-hybridized carbons (Fsp3) is 0.263. The number of rotatable bonds is 6. The quantitative estimate of drug-likeness (QED) is 0.695. The Kier molecular flexibility index (Phi) is 5.18. The zero-order valence-electron chi connectivity index (χ0n) is 14.5. The van der Waals surface area contributed by atoms with Gasteiger partial charge in [0.05, 0.1) is 0 Å². The van der Waals surface area contributed by atoms with Crippen LogP contribution in [0, 0.1) is 6.92 Å². The number of likely N-dealkylation sites (N-methyl/N-ethyl adjacent to an activating group) is 1. The van der Waals surface area contributed by atoms with Gasteiger partial charge in [0.25, 0.3) is 0 Å². The summed E-state index contributed by atoms with van der Waals surface area (Å²) >= 11 is 0. The second-order valence-electron chi connectivity index (χ2n) is 5.85. The van der Waals surface area contributed by atoms with Crippen LogP contribution in [0.1, 0.15) is 18.1 Å². The largest absolute Gasteiger partial charge is 0.337 e. The number of amides is 1. The van der Waals surface area contributed by atoms with E-state index in [2.05, 4.69) is 15.4 Å². The molecule has 3 rings (SSSR count). The number of hydrogen-bond donors (Lipinski definition) is 0. The number of hydrogen-bond acceptors (Lipinski definition) is 4. The Morgan fingerprint density at radius 1 is 1.08 bits per heavy atom. The van der Waals surface area contributed by atoms with E-state index in [1.807, 2.05) is 68.4 Å². The maximum atomic E-state index is 12.6. The molecule has 0 aliphatic rings. The lowest BCUT2D eigenvalue weighted by Crippen LogP contribution is -2.33. The van der Waals surface area contributed by atoms with Crippen LogP contribution in [-0.2, 0) is 17.9 Å². The molecule has 0 saturated heterocycles. The second kappa shape index (κ2) is 7.70. The molecule has 1 amide bonds. The first kappa shape index (κ1) is 16.8. The van der Waals surface area contributed by atoms with Gasteiger partial charge in [-0.3, -0.25) is 4.79 Å². The van der Waals surface area contributed by atoms with E-state index in [0.717, 1.165) is 16.7 Å². The van der Waals surface area contributed by atoms with Gasteiger partial charge in [-0.15, -0.1) is 10.2 Å². The SMILES string of the molecule is CCN(Cc1ccccc1)C(=O)Cn1nnc(-c2ccccc2C)n1. The molecular formula is C19H21N5O. The summed E-state index contributed by atoms with van der Waals surface area (Å²) < 4.78 is 0. The number of carbonyl (C=O) groups excluding carboxylic acids is 1. The van der Waals surface area contributed by atoms with Crippen LogP contribution in [0.5, 0.6) is 0 Å². The molecule has 128 valence electrons. The van der Waals surface area contributed by atoms with E-state index < -0.39 is 0 Å². The number of benzene rings is 2. The third kappa shape index (κ3) is 4.09. The first-order chi connectivity index (χ1) is 12.2. The van der Waals surface area contributed by atoms with E-state index in [9.17, 15) is 4.79 Å². The van der Waals surface area contributed by atoms with Gasteiger partial charge in [-0.2, -0.15) is 4.80 Å². The van der Waals surface area contributed by atoms with Crippen LogP contribution in [0.4, 0.5) is 0 Å². The van der Waals surface area contributed by atoms with E-state index in [0.29, 0.717) is 18.9 Å². The van der Waals surface area contributed by atoms with Crippen molar-refractivity contribution in [3.63, 3.8) is 0 Å². The molecule has 0 spiro atoms. The van der Waals surface area contributed by atoms with Gasteiger partial charge in [-0.25, -0.2) is 0 Å². The van der Waals surface area contributed by atoms with Crippen molar-refractivity contribution in [2.75, 3.05) is 6.54 Å². The summed E-state index contributed by atoms with van der Waals surface area (Å²) in [6.07, 6.45) is 0. The topological polar surface area (TPSA) is 63.9 Å². The summed E-state index contributed by atoms with van der Waals surface area (Å²) in [4.78, 5) is 15.7. The molecule has 3 aromatic rings. The van der Waals surface area contributed by atoms with Crippen molar-refractivity contribution in [3.8, 4) is 11.4 Å². The van der Waals surface area contributed by atoms with E-state index in [1.165, 1.54) is 4.80 Å². The van der Waals surface area contributed by atoms with Gasteiger partial charge in [0.15, 0.2) is 0 Å². The third-order valence-electron chi connectivity index (χ3n) is 4.07. The average molecular weight is 335 g/mol. The summed E-state index contributed by atoms with van der Waals surface area (Å²) in [5, 5.41) is 12.5. The Hall–Kier alpha value is -3.02. The Morgan fingerprint density at radius 3 is 2.52 bits per heavy atom. The van der Waals surface area contributed by atoms with Crippen LogP contribution in [0.15, 0.2) is 54.6 Å². The fourth-order valence-corrected chi connectivity index (χ4v) is 2.64. The molecule has 0 atom stereocenters. The van der Waals surface area contributed by atoms with Gasteiger partial charge < -0.3 is 4.90 Å². The highest BCUT2D eigenvalue weighted by Gasteiger charge is 2.15. The molecule has 2 aromatic carbocycles. The monoisotopic (exact) mass is 335 g/mol. The Bertz CT molecular complexity index is 844. The lowest BCUT2D eigenvalue weighted by molar-refractivity contribution is -0.132. The van der Waals surface area contributed by atoms with Crippen LogP contribution in [0.2, 0.25) is 0 Å². The molecule has 1 heterocycles. The number of aryl methyl sites for hydroxylation is 1. The third-order valence-corrected chi connectivity index (χ3v) is 4.07. The van der Waals surface area contributed by atoms with Crippen molar-refractivity contribution in [2.45, 2.75) is 26.9 Å². The minimum Gasteiger partial charge on any atom is -0.337 e. The van der Waals surface area contributed by atoms with Gasteiger partial charge in [0.1, 0.15) is 6.54 Å². The maximum absolute atomic E-state index is 12.6. The van der Waals surface area contributed by atoms with Crippen LogP contribution in [0.25, 0.3) is 11.4 Å². The minimum atomic E-state index is -0.0277. The van der Waals surface area contributed by atoms with Crippen LogP contribution in [0.3, 0.4) is 0 Å². The zero-order valence-corrected chi connectivity index (χ0v) is 14.5. The van der Waals surface area contributed by atoms with Crippen molar-refractivity contribution < 1.29 is 4.79 Å². The fourth-order valence-electron chi connectivity index (χ4n) is 2.64. The molecule has 0 radical (unpaired) electrons. The molecule has 1 aromatic heterocycles. The molecule has 25 heavy (non-hydrogen) atoms. The zero-order chi connectivity index (χ0) is 17.6. The van der Waals surface area contributed by atoms with E-state index in [-0.39, 0.29) is 12.5 Å². The predicted molar refractivity (Wildman–Crippen MR) is 95.5 cm³/mol. The first-order valence-electron chi connectivity index (χ1n) is 8.33. The molecule has 6 heteroatoms. The van der Waals surface area contributed by atoms with Gasteiger partial charge in [0.2, 0.25) is 11.7 Å². The minimum absolute atomic E-state index is 0.0277. The summed E-state index contributed by atoms with van der Waals surface area (Å²) in [5.41, 5.74) is 3.11. The predicted octanol–water partition coefficient (Wildman–Crippen LogP) is 2.70. The molecule has 0 saturated carbocycles. The van der Waals surface area contributed by atoms with Crippen molar-refractivity contribution in [3.05, 3.63) is 65.7 Å². The molecule has 0 bridgehead atoms. The van der Waals surface area contributed by atoms with Crippen molar-refractivity contribution in [1.82, 2.24) is 25.1 Å². The lowest BCUT2D eigenvalue weighted by atomic mass is 10.1.